The SMILES string of the molecule is CC1CC1c1cn(-c2cc(C#N)ccn2)c2ncnc(N3CCN(C(=O)OC(C)(C)C)C[C@@H]3C)c12. The lowest BCUT2D eigenvalue weighted by atomic mass is 10.1. The number of carbonyl (C=O) groups is 1. The van der Waals surface area contributed by atoms with E-state index >= 15 is 0 Å². The summed E-state index contributed by atoms with van der Waals surface area (Å²) in [6, 6.07) is 5.73. The van der Waals surface area contributed by atoms with Crippen LogP contribution in [0.2, 0.25) is 0 Å². The second kappa shape index (κ2) is 8.52. The standard InChI is InChI=1S/C26H31N7O2/c1-16-10-19(16)20-14-33(21-11-18(12-27)6-7-28-21)24-22(20)23(29-15-30-24)32-9-8-31(13-17(32)2)25(34)35-26(3,4)5/h6-7,11,14-17,19H,8-10,13H2,1-5H3/t16?,17-,19?/m0/s1. The van der Waals surface area contributed by atoms with Crippen LogP contribution in [-0.2, 0) is 4.74 Å². The number of nitrogens with zero attached hydrogens (tertiary/aromatic N) is 7. The third-order valence-electron chi connectivity index (χ3n) is 6.77. The van der Waals surface area contributed by atoms with E-state index in [4.69, 9.17) is 9.72 Å². The number of pyridine rings is 1. The minimum absolute atomic E-state index is 0.0576. The van der Waals surface area contributed by atoms with Crippen molar-refractivity contribution in [2.45, 2.75) is 58.6 Å². The summed E-state index contributed by atoms with van der Waals surface area (Å²) in [5.74, 6) is 2.60. The largest absolute Gasteiger partial charge is 0.444 e. The highest BCUT2D eigenvalue weighted by molar-refractivity contribution is 5.93. The van der Waals surface area contributed by atoms with Crippen LogP contribution in [0.25, 0.3) is 16.9 Å². The third kappa shape index (κ3) is 4.41. The molecule has 182 valence electrons. The molecule has 2 fully saturated rings. The molecule has 0 N–H and O–H groups in total. The molecule has 1 aliphatic heterocycles. The smallest absolute Gasteiger partial charge is 0.410 e. The second-order valence-corrected chi connectivity index (χ2v) is 10.7. The van der Waals surface area contributed by atoms with Gasteiger partial charge in [0.1, 0.15) is 23.6 Å². The van der Waals surface area contributed by atoms with Crippen molar-refractivity contribution in [3.63, 3.8) is 0 Å². The first-order valence-corrected chi connectivity index (χ1v) is 12.1. The van der Waals surface area contributed by atoms with E-state index in [0.717, 1.165) is 23.3 Å². The number of rotatable bonds is 3. The van der Waals surface area contributed by atoms with Crippen molar-refractivity contribution in [1.82, 2.24) is 24.4 Å². The van der Waals surface area contributed by atoms with Crippen LogP contribution in [0.3, 0.4) is 0 Å². The van der Waals surface area contributed by atoms with Gasteiger partial charge in [0, 0.05) is 38.1 Å². The quantitative estimate of drug-likeness (QED) is 0.560. The van der Waals surface area contributed by atoms with Gasteiger partial charge in [-0.3, -0.25) is 4.57 Å². The zero-order valence-corrected chi connectivity index (χ0v) is 20.9. The van der Waals surface area contributed by atoms with Gasteiger partial charge in [-0.25, -0.2) is 19.7 Å². The van der Waals surface area contributed by atoms with Crippen LogP contribution in [0.15, 0.2) is 30.9 Å². The molecule has 1 saturated carbocycles. The molecule has 3 aromatic heterocycles. The van der Waals surface area contributed by atoms with E-state index in [0.29, 0.717) is 42.9 Å². The molecule has 35 heavy (non-hydrogen) atoms. The molecule has 1 saturated heterocycles. The molecule has 5 rings (SSSR count). The van der Waals surface area contributed by atoms with Crippen molar-refractivity contribution in [1.29, 1.82) is 5.26 Å². The summed E-state index contributed by atoms with van der Waals surface area (Å²) in [5.41, 5.74) is 2.04. The normalized spacial score (nSPS) is 22.2. The number of amides is 1. The maximum Gasteiger partial charge on any atom is 0.410 e. The molecule has 2 unspecified atom stereocenters. The maximum absolute atomic E-state index is 12.6. The minimum atomic E-state index is -0.522. The summed E-state index contributed by atoms with van der Waals surface area (Å²) in [6.07, 6.45) is 6.21. The maximum atomic E-state index is 12.6. The van der Waals surface area contributed by atoms with Gasteiger partial charge in [-0.2, -0.15) is 5.26 Å². The van der Waals surface area contributed by atoms with Gasteiger partial charge in [0.25, 0.3) is 0 Å². The summed E-state index contributed by atoms with van der Waals surface area (Å²) in [5, 5.41) is 10.4. The van der Waals surface area contributed by atoms with Gasteiger partial charge in [0.15, 0.2) is 5.65 Å². The van der Waals surface area contributed by atoms with Crippen LogP contribution < -0.4 is 4.90 Å². The van der Waals surface area contributed by atoms with E-state index in [1.807, 2.05) is 25.3 Å². The highest BCUT2D eigenvalue weighted by Crippen LogP contribution is 2.51. The second-order valence-electron chi connectivity index (χ2n) is 10.7. The Morgan fingerprint density at radius 1 is 1.20 bits per heavy atom. The summed E-state index contributed by atoms with van der Waals surface area (Å²) >= 11 is 0. The Hall–Kier alpha value is -3.67. The topological polar surface area (TPSA) is 100 Å². The van der Waals surface area contributed by atoms with Gasteiger partial charge in [0.2, 0.25) is 0 Å². The molecule has 0 spiro atoms. The van der Waals surface area contributed by atoms with Crippen molar-refractivity contribution in [3.05, 3.63) is 42.0 Å². The minimum Gasteiger partial charge on any atom is -0.444 e. The summed E-state index contributed by atoms with van der Waals surface area (Å²) in [6.45, 7) is 11.8. The highest BCUT2D eigenvalue weighted by Gasteiger charge is 2.39. The average Bonchev–Trinajstić information content (AvgIpc) is 3.41. The molecule has 0 bridgehead atoms. The molecule has 3 aromatic rings. The van der Waals surface area contributed by atoms with E-state index in [9.17, 15) is 10.1 Å². The van der Waals surface area contributed by atoms with Crippen LogP contribution in [0.5, 0.6) is 0 Å². The van der Waals surface area contributed by atoms with Crippen molar-refractivity contribution < 1.29 is 9.53 Å². The van der Waals surface area contributed by atoms with Crippen LogP contribution in [0, 0.1) is 17.2 Å². The number of aromatic nitrogens is 4. The lowest BCUT2D eigenvalue weighted by Crippen LogP contribution is -2.54. The summed E-state index contributed by atoms with van der Waals surface area (Å²) in [7, 11) is 0. The number of anilines is 1. The summed E-state index contributed by atoms with van der Waals surface area (Å²) in [4.78, 5) is 30.6. The molecule has 9 heteroatoms. The van der Waals surface area contributed by atoms with Gasteiger partial charge < -0.3 is 14.5 Å². The van der Waals surface area contributed by atoms with Crippen molar-refractivity contribution in [3.8, 4) is 11.9 Å². The highest BCUT2D eigenvalue weighted by atomic mass is 16.6. The fourth-order valence-electron chi connectivity index (χ4n) is 4.89. The van der Waals surface area contributed by atoms with Crippen LogP contribution in [0.4, 0.5) is 10.6 Å². The van der Waals surface area contributed by atoms with Crippen molar-refractivity contribution in [2.24, 2.45) is 5.92 Å². The number of carbonyl (C=O) groups excluding carboxylic acids is 1. The average molecular weight is 474 g/mol. The monoisotopic (exact) mass is 473 g/mol. The fourth-order valence-corrected chi connectivity index (χ4v) is 4.89. The predicted octanol–water partition coefficient (Wildman–Crippen LogP) is 4.26. The van der Waals surface area contributed by atoms with Crippen LogP contribution in [0.1, 0.15) is 58.1 Å². The number of hydrogen-bond acceptors (Lipinski definition) is 7. The number of hydrogen-bond donors (Lipinski definition) is 0. The third-order valence-corrected chi connectivity index (χ3v) is 6.77. The Labute approximate surface area is 205 Å². The molecule has 0 aromatic carbocycles. The number of nitriles is 1. The number of ether oxygens (including phenoxy) is 1. The Morgan fingerprint density at radius 2 is 1.97 bits per heavy atom. The summed E-state index contributed by atoms with van der Waals surface area (Å²) < 4.78 is 7.56. The van der Waals surface area contributed by atoms with Crippen molar-refractivity contribution >= 4 is 22.9 Å². The van der Waals surface area contributed by atoms with Gasteiger partial charge in [-0.15, -0.1) is 0 Å². The number of fused-ring (bicyclic) bond motifs is 1. The predicted molar refractivity (Wildman–Crippen MR) is 133 cm³/mol. The lowest BCUT2D eigenvalue weighted by Gasteiger charge is -2.41. The zero-order chi connectivity index (χ0) is 24.9. The molecular weight excluding hydrogens is 442 g/mol. The van der Waals surface area contributed by atoms with Crippen LogP contribution >= 0.6 is 0 Å². The van der Waals surface area contributed by atoms with E-state index < -0.39 is 5.60 Å². The van der Waals surface area contributed by atoms with Crippen molar-refractivity contribution in [2.75, 3.05) is 24.5 Å². The Bertz CT molecular complexity index is 1320. The Balaban J connectivity index is 1.53. The van der Waals surface area contributed by atoms with Gasteiger partial charge in [-0.05, 0) is 63.6 Å². The molecule has 4 heterocycles. The zero-order valence-electron chi connectivity index (χ0n) is 20.9. The molecule has 0 radical (unpaired) electrons. The molecule has 9 nitrogen and oxygen atoms in total. The van der Waals surface area contributed by atoms with E-state index in [2.05, 4.69) is 41.0 Å². The first-order valence-electron chi connectivity index (χ1n) is 12.1. The Kier molecular flexibility index (Phi) is 5.62. The Morgan fingerprint density at radius 3 is 2.63 bits per heavy atom. The molecule has 3 atom stereocenters. The molecule has 1 amide bonds. The van der Waals surface area contributed by atoms with Gasteiger partial charge in [0.05, 0.1) is 17.0 Å². The fraction of sp³-hybridized carbons (Fsp3) is 0.500. The molecule has 1 aliphatic carbocycles. The van der Waals surface area contributed by atoms with Gasteiger partial charge >= 0.3 is 6.09 Å². The molecular formula is C26H31N7O2. The number of piperazine rings is 1. The van der Waals surface area contributed by atoms with E-state index in [1.165, 1.54) is 5.56 Å². The van der Waals surface area contributed by atoms with E-state index in [1.54, 1.807) is 29.6 Å². The first-order chi connectivity index (χ1) is 16.7. The molecule has 2 aliphatic rings. The lowest BCUT2D eigenvalue weighted by molar-refractivity contribution is 0.0218. The van der Waals surface area contributed by atoms with Crippen LogP contribution in [-0.4, -0.2) is 61.8 Å². The first kappa shape index (κ1) is 23.1. The van der Waals surface area contributed by atoms with E-state index in [-0.39, 0.29) is 12.1 Å². The van der Waals surface area contributed by atoms with Gasteiger partial charge in [-0.1, -0.05) is 6.92 Å².